The molecule has 0 amide bonds. The highest BCUT2D eigenvalue weighted by Crippen LogP contribution is 2.26. The summed E-state index contributed by atoms with van der Waals surface area (Å²) in [5.74, 6) is 0. The van der Waals surface area contributed by atoms with Crippen molar-refractivity contribution in [2.75, 3.05) is 13.2 Å². The summed E-state index contributed by atoms with van der Waals surface area (Å²) >= 11 is 6.02. The van der Waals surface area contributed by atoms with Crippen molar-refractivity contribution in [3.8, 4) is 0 Å². The largest absolute Gasteiger partial charge is 0.395 e. The minimum Gasteiger partial charge on any atom is -0.395 e. The molecule has 3 heteroatoms. The van der Waals surface area contributed by atoms with Crippen LogP contribution in [-0.2, 0) is 4.74 Å². The van der Waals surface area contributed by atoms with Crippen molar-refractivity contribution in [2.24, 2.45) is 0 Å². The van der Waals surface area contributed by atoms with E-state index in [1.807, 2.05) is 6.92 Å². The number of alkyl halides is 1. The molecule has 1 saturated heterocycles. The average molecular weight is 193 g/mol. The van der Waals surface area contributed by atoms with E-state index >= 15 is 0 Å². The first kappa shape index (κ1) is 10.3. The monoisotopic (exact) mass is 192 g/mol. The first-order valence-electron chi connectivity index (χ1n) is 4.55. The first-order valence-corrected chi connectivity index (χ1v) is 4.93. The molecule has 0 spiro atoms. The number of rotatable bonds is 3. The molecule has 0 aliphatic carbocycles. The molecule has 1 rings (SSSR count). The fourth-order valence-corrected chi connectivity index (χ4v) is 1.68. The third-order valence-corrected chi connectivity index (χ3v) is 2.53. The molecule has 1 fully saturated rings. The predicted octanol–water partition coefficient (Wildman–Crippen LogP) is 1.94. The molecule has 0 aromatic heterocycles. The van der Waals surface area contributed by atoms with E-state index in [0.717, 1.165) is 25.9 Å². The Morgan fingerprint density at radius 3 is 2.83 bits per heavy atom. The van der Waals surface area contributed by atoms with Crippen LogP contribution < -0.4 is 0 Å². The van der Waals surface area contributed by atoms with Gasteiger partial charge < -0.3 is 9.84 Å². The van der Waals surface area contributed by atoms with E-state index in [1.54, 1.807) is 0 Å². The van der Waals surface area contributed by atoms with Crippen LogP contribution in [0.15, 0.2) is 0 Å². The van der Waals surface area contributed by atoms with E-state index in [4.69, 9.17) is 21.4 Å². The number of hydrogen-bond donors (Lipinski definition) is 1. The molecule has 0 bridgehead atoms. The molecule has 0 saturated carbocycles. The molecule has 0 radical (unpaired) electrons. The minimum absolute atomic E-state index is 0.0222. The summed E-state index contributed by atoms with van der Waals surface area (Å²) < 4.78 is 5.52. The number of hydrogen-bond acceptors (Lipinski definition) is 2. The van der Waals surface area contributed by atoms with Crippen molar-refractivity contribution >= 4 is 11.6 Å². The van der Waals surface area contributed by atoms with E-state index in [9.17, 15) is 0 Å². The summed E-state index contributed by atoms with van der Waals surface area (Å²) in [4.78, 5) is -0.498. The van der Waals surface area contributed by atoms with Gasteiger partial charge in [-0.1, -0.05) is 0 Å². The van der Waals surface area contributed by atoms with Gasteiger partial charge in [0.15, 0.2) is 0 Å². The van der Waals surface area contributed by atoms with Crippen LogP contribution in [0.4, 0.5) is 0 Å². The molecule has 2 atom stereocenters. The fraction of sp³-hybridized carbons (Fsp3) is 1.00. The van der Waals surface area contributed by atoms with Crippen molar-refractivity contribution in [3.05, 3.63) is 0 Å². The second-order valence-electron chi connectivity index (χ2n) is 3.76. The van der Waals surface area contributed by atoms with Crippen molar-refractivity contribution in [3.63, 3.8) is 0 Å². The van der Waals surface area contributed by atoms with Gasteiger partial charge in [0, 0.05) is 6.61 Å². The third-order valence-electron chi connectivity index (χ3n) is 2.26. The summed E-state index contributed by atoms with van der Waals surface area (Å²) in [7, 11) is 0. The summed E-state index contributed by atoms with van der Waals surface area (Å²) in [5.41, 5.74) is 0. The lowest BCUT2D eigenvalue weighted by molar-refractivity contribution is 0.00147. The first-order chi connectivity index (χ1) is 5.64. The maximum Gasteiger partial charge on any atom is 0.0673 e. The molecular formula is C9H17ClO2. The van der Waals surface area contributed by atoms with Crippen molar-refractivity contribution < 1.29 is 9.84 Å². The van der Waals surface area contributed by atoms with Gasteiger partial charge in [-0.15, -0.1) is 11.6 Å². The van der Waals surface area contributed by atoms with Crippen molar-refractivity contribution in [1.82, 2.24) is 0 Å². The molecule has 12 heavy (non-hydrogen) atoms. The van der Waals surface area contributed by atoms with Crippen LogP contribution in [0, 0.1) is 0 Å². The Balaban J connectivity index is 2.28. The molecule has 1 aliphatic rings. The quantitative estimate of drug-likeness (QED) is 0.693. The van der Waals surface area contributed by atoms with Gasteiger partial charge in [-0.25, -0.2) is 0 Å². The van der Waals surface area contributed by atoms with E-state index in [-0.39, 0.29) is 12.7 Å². The zero-order valence-corrected chi connectivity index (χ0v) is 8.31. The molecule has 2 nitrogen and oxygen atoms in total. The van der Waals surface area contributed by atoms with Crippen molar-refractivity contribution in [2.45, 2.75) is 43.6 Å². The molecular weight excluding hydrogens is 176 g/mol. The van der Waals surface area contributed by atoms with Crippen LogP contribution in [0.2, 0.25) is 0 Å². The van der Waals surface area contributed by atoms with Crippen LogP contribution in [-0.4, -0.2) is 29.3 Å². The Bertz CT molecular complexity index is 130. The van der Waals surface area contributed by atoms with Crippen molar-refractivity contribution in [1.29, 1.82) is 0 Å². The number of aliphatic hydroxyl groups excluding tert-OH is 1. The second kappa shape index (κ2) is 4.45. The fourth-order valence-electron chi connectivity index (χ4n) is 1.51. The Morgan fingerprint density at radius 1 is 1.58 bits per heavy atom. The van der Waals surface area contributed by atoms with E-state index in [1.165, 1.54) is 6.42 Å². The van der Waals surface area contributed by atoms with Gasteiger partial charge in [-0.3, -0.25) is 0 Å². The van der Waals surface area contributed by atoms with Crippen LogP contribution >= 0.6 is 11.6 Å². The SMILES string of the molecule is C[C@@](Cl)(CO)CC1CCCCO1. The standard InChI is InChI=1S/C9H17ClO2/c1-9(10,7-11)6-8-4-2-3-5-12-8/h8,11H,2-7H2,1H3/t8?,9-/m0/s1. The minimum atomic E-state index is -0.498. The smallest absolute Gasteiger partial charge is 0.0673 e. The molecule has 1 unspecified atom stereocenters. The molecule has 72 valence electrons. The summed E-state index contributed by atoms with van der Waals surface area (Å²) in [5, 5.41) is 8.94. The van der Waals surface area contributed by atoms with E-state index in [0.29, 0.717) is 0 Å². The van der Waals surface area contributed by atoms with Gasteiger partial charge >= 0.3 is 0 Å². The van der Waals surface area contributed by atoms with Gasteiger partial charge in [-0.2, -0.15) is 0 Å². The van der Waals surface area contributed by atoms with Crippen LogP contribution in [0.25, 0.3) is 0 Å². The topological polar surface area (TPSA) is 29.5 Å². The summed E-state index contributed by atoms with van der Waals surface area (Å²) in [6.45, 7) is 2.73. The van der Waals surface area contributed by atoms with E-state index in [2.05, 4.69) is 0 Å². The molecule has 1 aliphatic heterocycles. The number of aliphatic hydroxyl groups is 1. The number of ether oxygens (including phenoxy) is 1. The maximum absolute atomic E-state index is 8.94. The van der Waals surface area contributed by atoms with Crippen LogP contribution in [0.5, 0.6) is 0 Å². The van der Waals surface area contributed by atoms with Gasteiger partial charge in [0.2, 0.25) is 0 Å². The van der Waals surface area contributed by atoms with Crippen LogP contribution in [0.3, 0.4) is 0 Å². The highest BCUT2D eigenvalue weighted by Gasteiger charge is 2.26. The highest BCUT2D eigenvalue weighted by atomic mass is 35.5. The maximum atomic E-state index is 8.94. The Hall–Kier alpha value is 0.210. The lowest BCUT2D eigenvalue weighted by Crippen LogP contribution is -2.31. The summed E-state index contributed by atoms with van der Waals surface area (Å²) in [6, 6.07) is 0. The van der Waals surface area contributed by atoms with Gasteiger partial charge in [-0.05, 0) is 32.6 Å². The lowest BCUT2D eigenvalue weighted by Gasteiger charge is -2.28. The molecule has 1 heterocycles. The number of halogens is 1. The zero-order chi connectivity index (χ0) is 9.03. The zero-order valence-electron chi connectivity index (χ0n) is 7.55. The normalized spacial score (nSPS) is 29.8. The lowest BCUT2D eigenvalue weighted by atomic mass is 9.98. The van der Waals surface area contributed by atoms with Crippen LogP contribution in [0.1, 0.15) is 32.6 Å². The Morgan fingerprint density at radius 2 is 2.33 bits per heavy atom. The molecule has 1 N–H and O–H groups in total. The summed E-state index contributed by atoms with van der Waals surface area (Å²) in [6.07, 6.45) is 4.49. The van der Waals surface area contributed by atoms with Gasteiger partial charge in [0.1, 0.15) is 0 Å². The predicted molar refractivity (Wildman–Crippen MR) is 49.6 cm³/mol. The Kier molecular flexibility index (Phi) is 3.81. The molecule has 0 aromatic rings. The van der Waals surface area contributed by atoms with Gasteiger partial charge in [0.25, 0.3) is 0 Å². The second-order valence-corrected chi connectivity index (χ2v) is 4.68. The Labute approximate surface area is 78.9 Å². The van der Waals surface area contributed by atoms with Gasteiger partial charge in [0.05, 0.1) is 17.6 Å². The molecule has 0 aromatic carbocycles. The highest BCUT2D eigenvalue weighted by molar-refractivity contribution is 6.23. The van der Waals surface area contributed by atoms with E-state index < -0.39 is 4.87 Å². The third kappa shape index (κ3) is 3.30. The average Bonchev–Trinajstić information content (AvgIpc) is 2.06.